The number of ether oxygens (including phenoxy) is 14. The molecule has 31 atom stereocenters. The molecule has 72 heavy (non-hydrogen) atoms. The molecule has 416 valence electrons. The summed E-state index contributed by atoms with van der Waals surface area (Å²) in [6, 6.07) is 0. The molecule has 0 radical (unpaired) electrons. The number of carboxylic acid groups (broad SMARTS) is 1. The van der Waals surface area contributed by atoms with Crippen LogP contribution < -0.4 is 0 Å². The van der Waals surface area contributed by atoms with Gasteiger partial charge in [0, 0.05) is 0 Å². The number of fused-ring (bicyclic) bond motifs is 4. The molecule has 0 saturated carbocycles. The molecule has 32 nitrogen and oxygen atoms in total. The predicted octanol–water partition coefficient (Wildman–Crippen LogP) is -12.3. The second kappa shape index (κ2) is 23.9. The first-order chi connectivity index (χ1) is 34.3. The highest BCUT2D eigenvalue weighted by atomic mass is 16.8. The molecule has 12 rings (SSSR count). The first-order valence-corrected chi connectivity index (χ1v) is 23.2. The van der Waals surface area contributed by atoms with Crippen molar-refractivity contribution in [2.24, 2.45) is 5.92 Å². The van der Waals surface area contributed by atoms with Crippen LogP contribution in [0.1, 0.15) is 0 Å². The third-order valence-corrected chi connectivity index (χ3v) is 13.9. The Morgan fingerprint density at radius 1 is 0.306 bits per heavy atom. The summed E-state index contributed by atoms with van der Waals surface area (Å²) < 4.78 is 81.2. The van der Waals surface area contributed by atoms with E-state index >= 15 is 0 Å². The Hall–Kier alpha value is -1.73. The molecule has 12 fully saturated rings. The fourth-order valence-corrected chi connectivity index (χ4v) is 9.75. The minimum Gasteiger partial charge on any atom is -0.481 e. The Bertz CT molecular complexity index is 1620. The Balaban J connectivity index is 1.20. The Morgan fingerprint density at radius 2 is 0.528 bits per heavy atom. The zero-order chi connectivity index (χ0) is 52.0. The van der Waals surface area contributed by atoms with E-state index in [2.05, 4.69) is 0 Å². The summed E-state index contributed by atoms with van der Waals surface area (Å²) in [6.45, 7) is -7.06. The van der Waals surface area contributed by atoms with Crippen molar-refractivity contribution >= 4 is 5.97 Å². The van der Waals surface area contributed by atoms with Crippen LogP contribution in [-0.4, -0.2) is 330 Å². The second-order valence-corrected chi connectivity index (χ2v) is 18.6. The van der Waals surface area contributed by atoms with Gasteiger partial charge in [0.1, 0.15) is 152 Å². The van der Waals surface area contributed by atoms with Gasteiger partial charge in [0.25, 0.3) is 0 Å². The molecular weight excluding hydrogens is 992 g/mol. The van der Waals surface area contributed by atoms with E-state index in [0.29, 0.717) is 0 Å². The summed E-state index contributed by atoms with van der Waals surface area (Å²) in [5.74, 6) is -3.11. The highest BCUT2D eigenvalue weighted by Gasteiger charge is 2.59. The van der Waals surface area contributed by atoms with Gasteiger partial charge in [0.15, 0.2) is 37.7 Å². The minimum absolute atomic E-state index is 0.734. The smallest absolute Gasteiger partial charge is 0.311 e. The summed E-state index contributed by atoms with van der Waals surface area (Å²) in [5, 5.41) is 189. The molecule has 12 saturated heterocycles. The van der Waals surface area contributed by atoms with Crippen molar-refractivity contribution in [2.45, 2.75) is 184 Å². The summed E-state index contributed by atoms with van der Waals surface area (Å²) in [6.07, 6.45) is -59.6. The van der Waals surface area contributed by atoms with E-state index in [1.165, 1.54) is 0 Å². The van der Waals surface area contributed by atoms with Crippen LogP contribution in [-0.2, 0) is 71.1 Å². The van der Waals surface area contributed by atoms with Crippen molar-refractivity contribution in [3.63, 3.8) is 0 Å². The number of rotatable bonds is 5. The lowest BCUT2D eigenvalue weighted by Gasteiger charge is -2.50. The highest BCUT2D eigenvalue weighted by Crippen LogP contribution is 2.38. The molecule has 12 aliphatic heterocycles. The largest absolute Gasteiger partial charge is 0.481 e. The lowest BCUT2D eigenvalue weighted by atomic mass is 9.94. The third-order valence-electron chi connectivity index (χ3n) is 13.9. The SMILES string of the molecule is O=C(O)C1COC[C@H]2O[C@@H]3O[C@H]4C(O)[C@@H](O)[C@H](O[C@@H]4CO)O[C@H]4C(O)[C@@H](O)[C@@H](O[C@H]5[C@H](O)[C@@H](O)[C@@H](O[C@H]6[C@H](O)[C@@H](O)[C@@H](O[C@H]7[C@H](O)[C@@H](O)[C@@H](O[C@H]2[C@H](O)[C@H]3O)O[C@@H]7CO)O[C@@H]6CO)O[C@@H]5COC1)O[C@@H]4CO. The summed E-state index contributed by atoms with van der Waals surface area (Å²) in [7, 11) is 0. The average molecular weight is 1060 g/mol. The number of carbonyl (C=O) groups is 1. The van der Waals surface area contributed by atoms with Crippen molar-refractivity contribution in [2.75, 3.05) is 52.9 Å². The van der Waals surface area contributed by atoms with Crippen LogP contribution >= 0.6 is 0 Å². The van der Waals surface area contributed by atoms with Crippen LogP contribution in [0.25, 0.3) is 0 Å². The van der Waals surface area contributed by atoms with Crippen LogP contribution in [0.4, 0.5) is 0 Å². The Morgan fingerprint density at radius 3 is 0.764 bits per heavy atom. The molecule has 12 aliphatic rings. The van der Waals surface area contributed by atoms with E-state index in [9.17, 15) is 91.6 Å². The highest BCUT2D eigenvalue weighted by molar-refractivity contribution is 5.70. The Labute approximate surface area is 406 Å². The third kappa shape index (κ3) is 11.2. The molecule has 12 heterocycles. The molecule has 32 heteroatoms. The van der Waals surface area contributed by atoms with Crippen molar-refractivity contribution < 1.29 is 158 Å². The lowest BCUT2D eigenvalue weighted by Crippen LogP contribution is -2.69. The van der Waals surface area contributed by atoms with Gasteiger partial charge < -0.3 is 153 Å². The van der Waals surface area contributed by atoms with Crippen LogP contribution in [0.2, 0.25) is 0 Å². The van der Waals surface area contributed by atoms with Gasteiger partial charge in [0.05, 0.1) is 52.9 Å². The molecular formula is C40H64O32. The second-order valence-electron chi connectivity index (χ2n) is 18.6. The van der Waals surface area contributed by atoms with Crippen molar-refractivity contribution in [1.29, 1.82) is 0 Å². The molecule has 12 bridgehead atoms. The molecule has 3 unspecified atom stereocenters. The molecule has 17 N–H and O–H groups in total. The van der Waals surface area contributed by atoms with Gasteiger partial charge in [-0.3, -0.25) is 4.79 Å². The zero-order valence-electron chi connectivity index (χ0n) is 37.8. The molecule has 0 aromatic rings. The van der Waals surface area contributed by atoms with E-state index in [1.807, 2.05) is 0 Å². The van der Waals surface area contributed by atoms with Gasteiger partial charge in [-0.2, -0.15) is 0 Å². The average Bonchev–Trinajstić information content (AvgIpc) is 3.36. The molecule has 0 amide bonds. The molecule has 0 aromatic carbocycles. The summed E-state index contributed by atoms with van der Waals surface area (Å²) in [4.78, 5) is 12.6. The van der Waals surface area contributed by atoms with Gasteiger partial charge in [0.2, 0.25) is 0 Å². The van der Waals surface area contributed by atoms with Crippen LogP contribution in [0, 0.1) is 5.92 Å². The molecule has 0 spiro atoms. The standard InChI is InChI=1S/C40H64O32/c41-1-10-28-18(47)24(53)37(63-10)71-32-14-7-59-5-9(34(57)58)6-60-8-15-33(21(50)27(56)40(66-15)69-30-12(3-43)61-35(67-28)22(51)16(30)45)72-38-25(54)19(48)29(11(2-42)64-38)68-36-23(52)17(46)31(13(4-44)62-36)70-39(65-14)26(55)20(32)49/h9-33,35-56H,1-8H2,(H,57,58)/t9?,10-,11-,12-,13-,14-,15-,16-,17?,18-,19?,20-,21-,22-,23-,24-,25-,26-,27-,28-,29-,30-,31-,32-,33-,35-,36-,37-,38-,39-,40-/m1/s1. The zero-order valence-corrected chi connectivity index (χ0v) is 37.8. The quantitative estimate of drug-likeness (QED) is 0.122. The maximum absolute atomic E-state index is 12.6. The molecule has 0 aromatic heterocycles. The summed E-state index contributed by atoms with van der Waals surface area (Å²) >= 11 is 0. The first-order valence-electron chi connectivity index (χ1n) is 23.2. The maximum atomic E-state index is 12.6. The fraction of sp³-hybridized carbons (Fsp3) is 0.975. The lowest BCUT2D eigenvalue weighted by molar-refractivity contribution is -0.404. The fourth-order valence-electron chi connectivity index (χ4n) is 9.75. The van der Waals surface area contributed by atoms with Gasteiger partial charge in [-0.25, -0.2) is 0 Å². The van der Waals surface area contributed by atoms with E-state index in [1.54, 1.807) is 0 Å². The monoisotopic (exact) mass is 1060 g/mol. The van der Waals surface area contributed by atoms with Gasteiger partial charge in [-0.15, -0.1) is 0 Å². The summed E-state index contributed by atoms with van der Waals surface area (Å²) in [5.41, 5.74) is 0. The van der Waals surface area contributed by atoms with Gasteiger partial charge in [-0.1, -0.05) is 0 Å². The number of aliphatic carboxylic acids is 1. The van der Waals surface area contributed by atoms with Crippen LogP contribution in [0.5, 0.6) is 0 Å². The Kier molecular flexibility index (Phi) is 18.7. The van der Waals surface area contributed by atoms with Crippen molar-refractivity contribution in [3.05, 3.63) is 0 Å². The first kappa shape index (κ1) is 56.5. The van der Waals surface area contributed by atoms with Crippen molar-refractivity contribution in [3.8, 4) is 0 Å². The number of carboxylic acids is 1. The molecule has 0 aliphatic carbocycles. The number of aliphatic hydroxyl groups is 16. The number of aliphatic hydroxyl groups excluding tert-OH is 16. The minimum atomic E-state index is -2.21. The van der Waals surface area contributed by atoms with Crippen molar-refractivity contribution in [1.82, 2.24) is 0 Å². The number of hydrogen-bond donors (Lipinski definition) is 17. The number of hydrogen-bond acceptors (Lipinski definition) is 31. The van der Waals surface area contributed by atoms with Gasteiger partial charge >= 0.3 is 5.97 Å². The van der Waals surface area contributed by atoms with E-state index < -0.39 is 249 Å². The van der Waals surface area contributed by atoms with Crippen LogP contribution in [0.3, 0.4) is 0 Å². The van der Waals surface area contributed by atoms with E-state index in [-0.39, 0.29) is 0 Å². The van der Waals surface area contributed by atoms with E-state index in [4.69, 9.17) is 66.3 Å². The van der Waals surface area contributed by atoms with Gasteiger partial charge in [-0.05, 0) is 0 Å². The normalized spacial score (nSPS) is 54.1. The topological polar surface area (TPSA) is 490 Å². The predicted molar refractivity (Wildman–Crippen MR) is 214 cm³/mol. The van der Waals surface area contributed by atoms with E-state index in [0.717, 1.165) is 0 Å². The maximum Gasteiger partial charge on any atom is 0.311 e. The van der Waals surface area contributed by atoms with Crippen LogP contribution in [0.15, 0.2) is 0 Å².